The Bertz CT molecular complexity index is 729. The number of aromatic nitrogens is 1. The zero-order valence-electron chi connectivity index (χ0n) is 14.0. The number of benzene rings is 1. The summed E-state index contributed by atoms with van der Waals surface area (Å²) in [6.07, 6.45) is 4.46. The smallest absolute Gasteiger partial charge is 0.308 e. The fraction of sp³-hybridized carbons (Fsp3) is 0.421. The lowest BCUT2D eigenvalue weighted by Gasteiger charge is -2.22. The SMILES string of the molecule is O=C(Cc1csc(-c2ccccc2)n1)N[C@H]1CCCCC[C@H]1C(=O)O. The van der Waals surface area contributed by atoms with Crippen LogP contribution >= 0.6 is 11.3 Å². The number of carboxylic acids is 1. The van der Waals surface area contributed by atoms with Crippen LogP contribution in [0.3, 0.4) is 0 Å². The molecule has 0 unspecified atom stereocenters. The number of thiazole rings is 1. The van der Waals surface area contributed by atoms with Gasteiger partial charge in [-0.1, -0.05) is 49.6 Å². The highest BCUT2D eigenvalue weighted by molar-refractivity contribution is 7.13. The molecule has 0 spiro atoms. The molecule has 3 rings (SSSR count). The van der Waals surface area contributed by atoms with Crippen LogP contribution in [0.25, 0.3) is 10.6 Å². The van der Waals surface area contributed by atoms with Gasteiger partial charge >= 0.3 is 5.97 Å². The van der Waals surface area contributed by atoms with Gasteiger partial charge in [0.15, 0.2) is 0 Å². The van der Waals surface area contributed by atoms with Gasteiger partial charge in [0.05, 0.1) is 18.0 Å². The fourth-order valence-electron chi connectivity index (χ4n) is 3.30. The number of amides is 1. The van der Waals surface area contributed by atoms with E-state index in [1.165, 1.54) is 11.3 Å². The van der Waals surface area contributed by atoms with E-state index in [-0.39, 0.29) is 18.4 Å². The highest BCUT2D eigenvalue weighted by Gasteiger charge is 2.30. The van der Waals surface area contributed by atoms with E-state index in [0.717, 1.165) is 41.9 Å². The molecule has 0 radical (unpaired) electrons. The summed E-state index contributed by atoms with van der Waals surface area (Å²) < 4.78 is 0. The van der Waals surface area contributed by atoms with Gasteiger partial charge in [0.2, 0.25) is 5.91 Å². The van der Waals surface area contributed by atoms with Crippen LogP contribution in [0.4, 0.5) is 0 Å². The van der Waals surface area contributed by atoms with Crippen molar-refractivity contribution in [2.45, 2.75) is 44.6 Å². The molecule has 132 valence electrons. The molecule has 25 heavy (non-hydrogen) atoms. The van der Waals surface area contributed by atoms with Gasteiger partial charge in [-0.25, -0.2) is 4.98 Å². The van der Waals surface area contributed by atoms with E-state index in [1.54, 1.807) is 0 Å². The topological polar surface area (TPSA) is 79.3 Å². The number of carbonyl (C=O) groups is 2. The van der Waals surface area contributed by atoms with Crippen LogP contribution in [-0.4, -0.2) is 28.0 Å². The molecule has 2 aromatic rings. The molecule has 5 nitrogen and oxygen atoms in total. The van der Waals surface area contributed by atoms with Gasteiger partial charge in [-0.15, -0.1) is 11.3 Å². The van der Waals surface area contributed by atoms with Crippen molar-refractivity contribution in [1.29, 1.82) is 0 Å². The monoisotopic (exact) mass is 358 g/mol. The summed E-state index contributed by atoms with van der Waals surface area (Å²) in [6.45, 7) is 0. The first-order valence-corrected chi connectivity index (χ1v) is 9.53. The largest absolute Gasteiger partial charge is 0.481 e. The fourth-order valence-corrected chi connectivity index (χ4v) is 4.13. The van der Waals surface area contributed by atoms with Gasteiger partial charge in [0.25, 0.3) is 0 Å². The van der Waals surface area contributed by atoms with E-state index in [2.05, 4.69) is 10.3 Å². The average molecular weight is 358 g/mol. The van der Waals surface area contributed by atoms with Gasteiger partial charge in [-0.05, 0) is 12.8 Å². The van der Waals surface area contributed by atoms with Gasteiger partial charge in [0.1, 0.15) is 5.01 Å². The number of hydrogen-bond acceptors (Lipinski definition) is 4. The zero-order valence-corrected chi connectivity index (χ0v) is 14.8. The molecular formula is C19H22N2O3S. The van der Waals surface area contributed by atoms with Crippen LogP contribution in [-0.2, 0) is 16.0 Å². The molecule has 0 bridgehead atoms. The minimum atomic E-state index is -0.813. The third-order valence-electron chi connectivity index (χ3n) is 4.59. The van der Waals surface area contributed by atoms with Crippen LogP contribution in [0.15, 0.2) is 35.7 Å². The molecule has 1 amide bonds. The summed E-state index contributed by atoms with van der Waals surface area (Å²) in [5, 5.41) is 15.1. The van der Waals surface area contributed by atoms with Crippen molar-refractivity contribution in [3.63, 3.8) is 0 Å². The lowest BCUT2D eigenvalue weighted by atomic mass is 9.95. The van der Waals surface area contributed by atoms with Crippen molar-refractivity contribution >= 4 is 23.2 Å². The molecular weight excluding hydrogens is 336 g/mol. The second-order valence-corrected chi connectivity index (χ2v) is 7.30. The molecule has 1 heterocycles. The number of rotatable bonds is 5. The Labute approximate surface area is 151 Å². The molecule has 2 N–H and O–H groups in total. The number of aliphatic carboxylic acids is 1. The van der Waals surface area contributed by atoms with E-state index in [9.17, 15) is 14.7 Å². The minimum Gasteiger partial charge on any atom is -0.481 e. The van der Waals surface area contributed by atoms with E-state index in [0.29, 0.717) is 6.42 Å². The lowest BCUT2D eigenvalue weighted by molar-refractivity contribution is -0.143. The number of carbonyl (C=O) groups excluding carboxylic acids is 1. The van der Waals surface area contributed by atoms with Gasteiger partial charge in [-0.3, -0.25) is 9.59 Å². The standard InChI is InChI=1S/C19H22N2O3S/c22-17(21-16-10-6-2-5-9-15(16)19(23)24)11-14-12-25-18(20-14)13-7-3-1-4-8-13/h1,3-4,7-8,12,15-16H,2,5-6,9-11H2,(H,21,22)(H,23,24)/t15-,16+/m1/s1. The van der Waals surface area contributed by atoms with Crippen molar-refractivity contribution in [1.82, 2.24) is 10.3 Å². The molecule has 2 atom stereocenters. The molecule has 1 aliphatic carbocycles. The average Bonchev–Trinajstić information content (AvgIpc) is 2.93. The Morgan fingerprint density at radius 2 is 1.92 bits per heavy atom. The molecule has 1 aromatic heterocycles. The summed E-state index contributed by atoms with van der Waals surface area (Å²) in [5.41, 5.74) is 1.76. The van der Waals surface area contributed by atoms with E-state index in [1.807, 2.05) is 35.7 Å². The van der Waals surface area contributed by atoms with E-state index >= 15 is 0 Å². The Balaban J connectivity index is 1.62. The van der Waals surface area contributed by atoms with Crippen LogP contribution in [0.2, 0.25) is 0 Å². The lowest BCUT2D eigenvalue weighted by Crippen LogP contribution is -2.43. The molecule has 0 saturated heterocycles. The number of hydrogen-bond donors (Lipinski definition) is 2. The van der Waals surface area contributed by atoms with Crippen molar-refractivity contribution < 1.29 is 14.7 Å². The Kier molecular flexibility index (Phi) is 5.81. The quantitative estimate of drug-likeness (QED) is 0.802. The first-order chi connectivity index (χ1) is 12.1. The second-order valence-electron chi connectivity index (χ2n) is 6.44. The van der Waals surface area contributed by atoms with Gasteiger partial charge in [0, 0.05) is 17.0 Å². The Hall–Kier alpha value is -2.21. The minimum absolute atomic E-state index is 0.150. The molecule has 1 aromatic carbocycles. The third-order valence-corrected chi connectivity index (χ3v) is 5.53. The van der Waals surface area contributed by atoms with Crippen molar-refractivity contribution in [3.8, 4) is 10.6 Å². The highest BCUT2D eigenvalue weighted by Crippen LogP contribution is 2.25. The van der Waals surface area contributed by atoms with Crippen LogP contribution in [0.1, 0.15) is 37.8 Å². The summed E-state index contributed by atoms with van der Waals surface area (Å²) in [4.78, 5) is 28.4. The molecule has 6 heteroatoms. The zero-order chi connectivity index (χ0) is 17.6. The van der Waals surface area contributed by atoms with E-state index < -0.39 is 11.9 Å². The van der Waals surface area contributed by atoms with Crippen LogP contribution in [0, 0.1) is 5.92 Å². The first kappa shape index (κ1) is 17.6. The summed E-state index contributed by atoms with van der Waals surface area (Å²) in [7, 11) is 0. The molecule has 1 fully saturated rings. The summed E-state index contributed by atoms with van der Waals surface area (Å²) in [6, 6.07) is 9.58. The molecule has 0 aliphatic heterocycles. The number of carboxylic acid groups (broad SMARTS) is 1. The second kappa shape index (κ2) is 8.25. The van der Waals surface area contributed by atoms with Crippen molar-refractivity contribution in [2.24, 2.45) is 5.92 Å². The number of nitrogens with one attached hydrogen (secondary N) is 1. The normalized spacial score (nSPS) is 20.6. The van der Waals surface area contributed by atoms with E-state index in [4.69, 9.17) is 0 Å². The number of nitrogens with zero attached hydrogens (tertiary/aromatic N) is 1. The maximum absolute atomic E-state index is 12.4. The Morgan fingerprint density at radius 3 is 2.68 bits per heavy atom. The first-order valence-electron chi connectivity index (χ1n) is 8.65. The predicted molar refractivity (Wildman–Crippen MR) is 97.4 cm³/mol. The van der Waals surface area contributed by atoms with Gasteiger partial charge in [-0.2, -0.15) is 0 Å². The third kappa shape index (κ3) is 4.66. The summed E-state index contributed by atoms with van der Waals surface area (Å²) in [5.74, 6) is -1.45. The Morgan fingerprint density at radius 1 is 1.16 bits per heavy atom. The molecule has 1 saturated carbocycles. The van der Waals surface area contributed by atoms with Gasteiger partial charge < -0.3 is 10.4 Å². The summed E-state index contributed by atoms with van der Waals surface area (Å²) >= 11 is 1.51. The molecule has 1 aliphatic rings. The maximum atomic E-state index is 12.4. The van der Waals surface area contributed by atoms with Crippen molar-refractivity contribution in [3.05, 3.63) is 41.4 Å². The van der Waals surface area contributed by atoms with Crippen LogP contribution in [0.5, 0.6) is 0 Å². The highest BCUT2D eigenvalue weighted by atomic mass is 32.1. The maximum Gasteiger partial charge on any atom is 0.308 e. The van der Waals surface area contributed by atoms with Crippen molar-refractivity contribution in [2.75, 3.05) is 0 Å². The predicted octanol–water partition coefficient (Wildman–Crippen LogP) is 3.50. The van der Waals surface area contributed by atoms with Crippen LogP contribution < -0.4 is 5.32 Å².